The fraction of sp³-hybridized carbons (Fsp3) is 0.267. The van der Waals surface area contributed by atoms with E-state index >= 15 is 0 Å². The summed E-state index contributed by atoms with van der Waals surface area (Å²) in [7, 11) is 2.15. The Labute approximate surface area is 100 Å². The molecular formula is C15H15N2+. The highest BCUT2D eigenvalue weighted by atomic mass is 15.0. The van der Waals surface area contributed by atoms with E-state index in [-0.39, 0.29) is 0 Å². The number of aromatic nitrogens is 2. The predicted molar refractivity (Wildman–Crippen MR) is 68.1 cm³/mol. The van der Waals surface area contributed by atoms with Crippen LogP contribution in [-0.2, 0) is 19.9 Å². The highest BCUT2D eigenvalue weighted by molar-refractivity contribution is 5.93. The van der Waals surface area contributed by atoms with Crippen LogP contribution in [0, 0.1) is 0 Å². The molecule has 4 rings (SSSR count). The number of para-hydroxylation sites is 1. The predicted octanol–water partition coefficient (Wildman–Crippen LogP) is 2.41. The van der Waals surface area contributed by atoms with Gasteiger partial charge >= 0.3 is 0 Å². The summed E-state index contributed by atoms with van der Waals surface area (Å²) in [5.41, 5.74) is 5.81. The summed E-state index contributed by atoms with van der Waals surface area (Å²) in [6.45, 7) is 0. The second kappa shape index (κ2) is 3.10. The number of hydrogen-bond donors (Lipinski definition) is 0. The maximum atomic E-state index is 2.36. The van der Waals surface area contributed by atoms with Crippen LogP contribution in [0.5, 0.6) is 0 Å². The third kappa shape index (κ3) is 1.08. The molecule has 0 N–H and O–H groups in total. The Balaban J connectivity index is 2.34. The Bertz CT molecular complexity index is 737. The van der Waals surface area contributed by atoms with Gasteiger partial charge in [-0.15, -0.1) is 0 Å². The molecule has 17 heavy (non-hydrogen) atoms. The molecule has 0 bridgehead atoms. The van der Waals surface area contributed by atoms with Gasteiger partial charge in [0.05, 0.1) is 11.7 Å². The van der Waals surface area contributed by atoms with Crippen LogP contribution in [0.15, 0.2) is 36.7 Å². The molecule has 0 amide bonds. The standard InChI is InChI=1S/C15H15N2/c1-16-9-10-17-13-7-3-2-5-11(13)12-6-4-8-14(16)15(12)17/h2-3,5,7,9-10H,4,6,8H2,1H3/q+1. The molecule has 2 heterocycles. The van der Waals surface area contributed by atoms with Gasteiger partial charge in [0.1, 0.15) is 12.6 Å². The summed E-state index contributed by atoms with van der Waals surface area (Å²) in [5, 5.41) is 1.43. The second-order valence-corrected chi connectivity index (χ2v) is 4.92. The van der Waals surface area contributed by atoms with E-state index in [1.165, 1.54) is 46.9 Å². The van der Waals surface area contributed by atoms with E-state index in [0.29, 0.717) is 0 Å². The van der Waals surface area contributed by atoms with E-state index in [4.69, 9.17) is 0 Å². The Morgan fingerprint density at radius 2 is 2.06 bits per heavy atom. The SMILES string of the molecule is C[n+]1ccn2c3c(c4ccccc42)CCCc31. The number of aryl methyl sites for hydroxylation is 3. The number of hydrogen-bond acceptors (Lipinski definition) is 0. The van der Waals surface area contributed by atoms with Crippen molar-refractivity contribution < 1.29 is 4.57 Å². The van der Waals surface area contributed by atoms with Gasteiger partial charge in [0.25, 0.3) is 0 Å². The van der Waals surface area contributed by atoms with Crippen molar-refractivity contribution in [3.63, 3.8) is 0 Å². The Morgan fingerprint density at radius 1 is 1.18 bits per heavy atom. The smallest absolute Gasteiger partial charge is 0.205 e. The lowest BCUT2D eigenvalue weighted by molar-refractivity contribution is -0.678. The van der Waals surface area contributed by atoms with Crippen molar-refractivity contribution in [1.29, 1.82) is 0 Å². The zero-order valence-corrected chi connectivity index (χ0v) is 9.98. The van der Waals surface area contributed by atoms with Crippen molar-refractivity contribution in [1.82, 2.24) is 4.40 Å². The average molecular weight is 223 g/mol. The fourth-order valence-corrected chi connectivity index (χ4v) is 3.20. The second-order valence-electron chi connectivity index (χ2n) is 4.92. The lowest BCUT2D eigenvalue weighted by Gasteiger charge is -2.10. The largest absolute Gasteiger partial charge is 0.305 e. The van der Waals surface area contributed by atoms with Gasteiger partial charge in [-0.1, -0.05) is 18.2 Å². The first-order valence-corrected chi connectivity index (χ1v) is 6.25. The summed E-state index contributed by atoms with van der Waals surface area (Å²) in [4.78, 5) is 0. The quantitative estimate of drug-likeness (QED) is 0.517. The van der Waals surface area contributed by atoms with Crippen LogP contribution in [0.4, 0.5) is 0 Å². The molecule has 1 aliphatic rings. The zero-order valence-electron chi connectivity index (χ0n) is 9.98. The first-order chi connectivity index (χ1) is 8.36. The molecule has 0 saturated heterocycles. The summed E-state index contributed by atoms with van der Waals surface area (Å²) >= 11 is 0. The molecule has 84 valence electrons. The Kier molecular flexibility index (Phi) is 1.68. The molecule has 2 heteroatoms. The molecular weight excluding hydrogens is 208 g/mol. The minimum Gasteiger partial charge on any atom is -0.305 e. The molecule has 0 fully saturated rings. The van der Waals surface area contributed by atoms with E-state index in [1.807, 2.05) is 0 Å². The first kappa shape index (κ1) is 9.23. The van der Waals surface area contributed by atoms with Crippen LogP contribution in [0.1, 0.15) is 17.7 Å². The average Bonchev–Trinajstić information content (AvgIpc) is 2.70. The van der Waals surface area contributed by atoms with E-state index < -0.39 is 0 Å². The number of fused-ring (bicyclic) bond motifs is 3. The lowest BCUT2D eigenvalue weighted by atomic mass is 9.97. The highest BCUT2D eigenvalue weighted by Crippen LogP contribution is 2.32. The van der Waals surface area contributed by atoms with Crippen molar-refractivity contribution in [2.75, 3.05) is 0 Å². The van der Waals surface area contributed by atoms with Gasteiger partial charge in [0, 0.05) is 11.8 Å². The van der Waals surface area contributed by atoms with Crippen LogP contribution in [-0.4, -0.2) is 4.40 Å². The van der Waals surface area contributed by atoms with Crippen molar-refractivity contribution >= 4 is 16.4 Å². The van der Waals surface area contributed by atoms with Crippen LogP contribution >= 0.6 is 0 Å². The van der Waals surface area contributed by atoms with Gasteiger partial charge in [0.15, 0.2) is 6.20 Å². The minimum atomic E-state index is 1.20. The fourth-order valence-electron chi connectivity index (χ4n) is 3.20. The molecule has 0 saturated carbocycles. The minimum absolute atomic E-state index is 1.20. The third-order valence-electron chi connectivity index (χ3n) is 3.99. The maximum absolute atomic E-state index is 2.36. The van der Waals surface area contributed by atoms with Crippen LogP contribution < -0.4 is 4.57 Å². The topological polar surface area (TPSA) is 8.29 Å². The molecule has 1 aliphatic carbocycles. The van der Waals surface area contributed by atoms with E-state index in [9.17, 15) is 0 Å². The van der Waals surface area contributed by atoms with Crippen molar-refractivity contribution in [2.24, 2.45) is 7.05 Å². The summed E-state index contributed by atoms with van der Waals surface area (Å²) in [5.74, 6) is 0. The Morgan fingerprint density at radius 3 is 3.00 bits per heavy atom. The van der Waals surface area contributed by atoms with Gasteiger partial charge in [0.2, 0.25) is 5.69 Å². The summed E-state index contributed by atoms with van der Waals surface area (Å²) < 4.78 is 4.63. The molecule has 0 atom stereocenters. The lowest BCUT2D eigenvalue weighted by Crippen LogP contribution is -2.35. The van der Waals surface area contributed by atoms with Crippen LogP contribution in [0.3, 0.4) is 0 Å². The monoisotopic (exact) mass is 223 g/mol. The molecule has 2 nitrogen and oxygen atoms in total. The third-order valence-corrected chi connectivity index (χ3v) is 3.99. The molecule has 2 aromatic heterocycles. The maximum Gasteiger partial charge on any atom is 0.205 e. The zero-order chi connectivity index (χ0) is 11.4. The van der Waals surface area contributed by atoms with Gasteiger partial charge in [-0.05, 0) is 24.5 Å². The first-order valence-electron chi connectivity index (χ1n) is 6.25. The van der Waals surface area contributed by atoms with Crippen molar-refractivity contribution in [3.05, 3.63) is 47.9 Å². The van der Waals surface area contributed by atoms with E-state index in [2.05, 4.69) is 52.7 Å². The molecule has 1 aromatic carbocycles. The van der Waals surface area contributed by atoms with Gasteiger partial charge in [-0.25, -0.2) is 4.57 Å². The summed E-state index contributed by atoms with van der Waals surface area (Å²) in [6, 6.07) is 8.75. The molecule has 0 spiro atoms. The van der Waals surface area contributed by atoms with E-state index in [1.54, 1.807) is 0 Å². The molecule has 0 aliphatic heterocycles. The van der Waals surface area contributed by atoms with Gasteiger partial charge in [-0.2, -0.15) is 0 Å². The normalized spacial score (nSPS) is 14.6. The molecule has 0 unspecified atom stereocenters. The van der Waals surface area contributed by atoms with Crippen molar-refractivity contribution in [2.45, 2.75) is 19.3 Å². The summed E-state index contributed by atoms with van der Waals surface area (Å²) in [6.07, 6.45) is 8.05. The van der Waals surface area contributed by atoms with E-state index in [0.717, 1.165) is 0 Å². The Hall–Kier alpha value is -1.83. The number of benzene rings is 1. The van der Waals surface area contributed by atoms with Gasteiger partial charge < -0.3 is 4.40 Å². The van der Waals surface area contributed by atoms with Crippen LogP contribution in [0.25, 0.3) is 16.4 Å². The number of nitrogens with zero attached hydrogens (tertiary/aromatic N) is 2. The molecule has 3 aromatic rings. The number of rotatable bonds is 0. The van der Waals surface area contributed by atoms with Gasteiger partial charge in [-0.3, -0.25) is 0 Å². The van der Waals surface area contributed by atoms with Crippen molar-refractivity contribution in [3.8, 4) is 0 Å². The highest BCUT2D eigenvalue weighted by Gasteiger charge is 2.23. The van der Waals surface area contributed by atoms with Crippen LogP contribution in [0.2, 0.25) is 0 Å². The molecule has 0 radical (unpaired) electrons.